The standard InChI is InChI=1S/C34H37N5O6S/c1-21-9-7-10-22(2)30(21)28-16-29-37-33(36-28)38-46(42,43)27-12-8-11-23(15-27)31(40)39(26(20-45-29)17-34(3,4)5)19-25-14-13-24(18-35-25)32(41)44-6/h7-16,18,26H,17,19-20H2,1-6H3,(H,36,37,38)/t26-/m1/s1. The number of nitrogens with one attached hydrogen (secondary N) is 1. The lowest BCUT2D eigenvalue weighted by Gasteiger charge is -2.35. The van der Waals surface area contributed by atoms with Crippen LogP contribution in [0.4, 0.5) is 5.95 Å². The van der Waals surface area contributed by atoms with Gasteiger partial charge >= 0.3 is 5.97 Å². The van der Waals surface area contributed by atoms with Gasteiger partial charge in [0.2, 0.25) is 11.8 Å². The average molecular weight is 644 g/mol. The van der Waals surface area contributed by atoms with E-state index in [-0.39, 0.29) is 46.4 Å². The van der Waals surface area contributed by atoms with E-state index in [0.717, 1.165) is 16.7 Å². The molecule has 0 spiro atoms. The molecule has 5 rings (SSSR count). The van der Waals surface area contributed by atoms with E-state index in [1.54, 1.807) is 29.2 Å². The summed E-state index contributed by atoms with van der Waals surface area (Å²) in [5.74, 6) is -0.914. The monoisotopic (exact) mass is 643 g/mol. The number of carbonyl (C=O) groups excluding carboxylic acids is 2. The summed E-state index contributed by atoms with van der Waals surface area (Å²) >= 11 is 0. The van der Waals surface area contributed by atoms with Gasteiger partial charge in [-0.1, -0.05) is 45.0 Å². The Kier molecular flexibility index (Phi) is 9.11. The highest BCUT2D eigenvalue weighted by atomic mass is 32.2. The zero-order valence-corrected chi connectivity index (χ0v) is 27.5. The Labute approximate surface area is 269 Å². The van der Waals surface area contributed by atoms with Crippen LogP contribution in [0.5, 0.6) is 5.88 Å². The largest absolute Gasteiger partial charge is 0.475 e. The van der Waals surface area contributed by atoms with Gasteiger partial charge in [0.1, 0.15) is 6.61 Å². The molecule has 0 fully saturated rings. The summed E-state index contributed by atoms with van der Waals surface area (Å²) in [7, 11) is -2.90. The normalized spacial score (nSPS) is 16.3. The minimum absolute atomic E-state index is 0.0539. The highest BCUT2D eigenvalue weighted by Crippen LogP contribution is 2.31. The van der Waals surface area contributed by atoms with Crippen LogP contribution in [-0.4, -0.2) is 59.9 Å². The lowest BCUT2D eigenvalue weighted by atomic mass is 9.87. The first-order valence-electron chi connectivity index (χ1n) is 14.8. The number of benzene rings is 2. The third kappa shape index (κ3) is 7.34. The number of hydrogen-bond acceptors (Lipinski definition) is 9. The maximum atomic E-state index is 14.3. The number of fused-ring (bicyclic) bond motifs is 4. The first kappa shape index (κ1) is 32.6. The molecular formula is C34H37N5O6S. The second-order valence-electron chi connectivity index (χ2n) is 12.5. The lowest BCUT2D eigenvalue weighted by Crippen LogP contribution is -2.45. The van der Waals surface area contributed by atoms with Gasteiger partial charge in [-0.05, 0) is 67.1 Å². The number of sulfonamides is 1. The second kappa shape index (κ2) is 12.9. The Balaban J connectivity index is 1.65. The van der Waals surface area contributed by atoms with Crippen molar-refractivity contribution in [2.45, 2.75) is 58.5 Å². The van der Waals surface area contributed by atoms with Crippen molar-refractivity contribution in [3.8, 4) is 17.1 Å². The molecule has 1 atom stereocenters. The fourth-order valence-corrected chi connectivity index (χ4v) is 6.47. The predicted molar refractivity (Wildman–Crippen MR) is 173 cm³/mol. The summed E-state index contributed by atoms with van der Waals surface area (Å²) in [6.07, 6.45) is 1.94. The summed E-state index contributed by atoms with van der Waals surface area (Å²) in [6.45, 7) is 10.2. The zero-order chi connectivity index (χ0) is 33.2. The van der Waals surface area contributed by atoms with Crippen LogP contribution >= 0.6 is 0 Å². The van der Waals surface area contributed by atoms with Crippen LogP contribution in [0.25, 0.3) is 11.3 Å². The van der Waals surface area contributed by atoms with Gasteiger partial charge in [0.05, 0.1) is 41.5 Å². The lowest BCUT2D eigenvalue weighted by molar-refractivity contribution is 0.0507. The molecule has 0 saturated heterocycles. The van der Waals surface area contributed by atoms with Crippen LogP contribution in [0.1, 0.15) is 64.7 Å². The van der Waals surface area contributed by atoms with Gasteiger partial charge in [-0.2, -0.15) is 4.98 Å². The number of nitrogens with zero attached hydrogens (tertiary/aromatic N) is 4. The third-order valence-electron chi connectivity index (χ3n) is 7.61. The van der Waals surface area contributed by atoms with Gasteiger partial charge in [0.15, 0.2) is 0 Å². The molecule has 1 amide bonds. The molecule has 0 radical (unpaired) electrons. The van der Waals surface area contributed by atoms with Gasteiger partial charge in [-0.25, -0.2) is 22.9 Å². The molecule has 4 bridgehead atoms. The number of carbonyl (C=O) groups is 2. The first-order valence-corrected chi connectivity index (χ1v) is 16.3. The van der Waals surface area contributed by atoms with E-state index in [1.165, 1.54) is 31.5 Å². The molecule has 1 aliphatic rings. The molecule has 0 unspecified atom stereocenters. The molecule has 4 aromatic rings. The van der Waals surface area contributed by atoms with Gasteiger partial charge in [-0.15, -0.1) is 0 Å². The van der Waals surface area contributed by atoms with Gasteiger partial charge in [-0.3, -0.25) is 9.78 Å². The quantitative estimate of drug-likeness (QED) is 0.276. The Morgan fingerprint density at radius 3 is 2.41 bits per heavy atom. The Morgan fingerprint density at radius 2 is 1.76 bits per heavy atom. The number of anilines is 1. The highest BCUT2D eigenvalue weighted by Gasteiger charge is 2.32. The second-order valence-corrected chi connectivity index (χ2v) is 14.2. The summed E-state index contributed by atoms with van der Waals surface area (Å²) in [5, 5.41) is 0. The molecule has 3 heterocycles. The van der Waals surface area contributed by atoms with Gasteiger partial charge < -0.3 is 14.4 Å². The fraction of sp³-hybridized carbons (Fsp3) is 0.324. The Hall–Kier alpha value is -4.84. The van der Waals surface area contributed by atoms with Crippen LogP contribution in [0, 0.1) is 19.3 Å². The predicted octanol–water partition coefficient (Wildman–Crippen LogP) is 5.58. The number of ether oxygens (including phenoxy) is 2. The Bertz CT molecular complexity index is 1870. The van der Waals surface area contributed by atoms with Crippen LogP contribution in [0.15, 0.2) is 71.8 Å². The molecule has 240 valence electrons. The SMILES string of the molecule is COC(=O)c1ccc(CN2C(=O)c3cccc(c3)S(=O)(=O)Nc3nc(cc(-c4c(C)cccc4C)n3)OC[C@H]2CC(C)(C)C)nc1. The molecule has 2 aromatic carbocycles. The number of amides is 1. The van der Waals surface area contributed by atoms with Crippen molar-refractivity contribution in [3.63, 3.8) is 0 Å². The summed E-state index contributed by atoms with van der Waals surface area (Å²) < 4.78 is 40.8. The minimum atomic E-state index is -4.19. The maximum Gasteiger partial charge on any atom is 0.339 e. The van der Waals surface area contributed by atoms with E-state index in [2.05, 4.69) is 40.4 Å². The molecule has 1 N–H and O–H groups in total. The number of pyridine rings is 1. The number of methoxy groups -OCH3 is 1. The topological polar surface area (TPSA) is 141 Å². The smallest absolute Gasteiger partial charge is 0.339 e. The van der Waals surface area contributed by atoms with E-state index >= 15 is 0 Å². The maximum absolute atomic E-state index is 14.3. The average Bonchev–Trinajstić information content (AvgIpc) is 3.00. The first-order chi connectivity index (χ1) is 21.7. The van der Waals surface area contributed by atoms with Crippen molar-refractivity contribution in [3.05, 3.63) is 94.8 Å². The molecule has 46 heavy (non-hydrogen) atoms. The summed E-state index contributed by atoms with van der Waals surface area (Å²) in [4.78, 5) is 41.2. The summed E-state index contributed by atoms with van der Waals surface area (Å²) in [6, 6.07) is 16.2. The van der Waals surface area contributed by atoms with Gasteiger partial charge in [0.25, 0.3) is 15.9 Å². The van der Waals surface area contributed by atoms with E-state index in [0.29, 0.717) is 17.8 Å². The highest BCUT2D eigenvalue weighted by molar-refractivity contribution is 7.92. The summed E-state index contributed by atoms with van der Waals surface area (Å²) in [5.41, 5.74) is 4.00. The Morgan fingerprint density at radius 1 is 1.04 bits per heavy atom. The van der Waals surface area contributed by atoms with Crippen molar-refractivity contribution < 1.29 is 27.5 Å². The molecule has 11 nitrogen and oxygen atoms in total. The van der Waals surface area contributed by atoms with Crippen LogP contribution in [0.3, 0.4) is 0 Å². The molecule has 0 aliphatic carbocycles. The molecule has 2 aromatic heterocycles. The molecule has 12 heteroatoms. The molecule has 1 aliphatic heterocycles. The van der Waals surface area contributed by atoms with E-state index in [9.17, 15) is 18.0 Å². The van der Waals surface area contributed by atoms with E-state index < -0.39 is 27.9 Å². The fourth-order valence-electron chi connectivity index (χ4n) is 5.48. The number of aryl methyl sites for hydroxylation is 2. The van der Waals surface area contributed by atoms with Crippen LogP contribution in [0.2, 0.25) is 0 Å². The number of esters is 1. The van der Waals surface area contributed by atoms with Gasteiger partial charge in [0, 0.05) is 23.4 Å². The van der Waals surface area contributed by atoms with Crippen LogP contribution in [-0.2, 0) is 21.3 Å². The molecule has 0 saturated carbocycles. The van der Waals surface area contributed by atoms with Crippen molar-refractivity contribution in [2.24, 2.45) is 5.41 Å². The minimum Gasteiger partial charge on any atom is -0.475 e. The van der Waals surface area contributed by atoms with E-state index in [1.807, 2.05) is 32.0 Å². The van der Waals surface area contributed by atoms with Crippen molar-refractivity contribution in [1.82, 2.24) is 19.9 Å². The van der Waals surface area contributed by atoms with Crippen molar-refractivity contribution in [1.29, 1.82) is 0 Å². The zero-order valence-electron chi connectivity index (χ0n) is 26.7. The third-order valence-corrected chi connectivity index (χ3v) is 8.93. The number of aromatic nitrogens is 3. The number of hydrogen-bond donors (Lipinski definition) is 1. The van der Waals surface area contributed by atoms with Crippen LogP contribution < -0.4 is 9.46 Å². The van der Waals surface area contributed by atoms with Crippen molar-refractivity contribution >= 4 is 27.8 Å². The molecular weight excluding hydrogens is 606 g/mol. The number of rotatable bonds is 5. The van der Waals surface area contributed by atoms with Crippen molar-refractivity contribution in [2.75, 3.05) is 18.4 Å². The van der Waals surface area contributed by atoms with E-state index in [4.69, 9.17) is 9.47 Å².